The lowest BCUT2D eigenvalue weighted by Crippen LogP contribution is -2.37. The molecule has 0 bridgehead atoms. The highest BCUT2D eigenvalue weighted by Crippen LogP contribution is 2.23. The summed E-state index contributed by atoms with van der Waals surface area (Å²) in [5, 5.41) is 11.1. The number of carbonyl (C=O) groups excluding carboxylic acids is 1. The second kappa shape index (κ2) is 7.85. The highest BCUT2D eigenvalue weighted by molar-refractivity contribution is 7.16. The van der Waals surface area contributed by atoms with Crippen LogP contribution in [0.5, 0.6) is 0 Å². The van der Waals surface area contributed by atoms with Gasteiger partial charge in [0.05, 0.1) is 21.5 Å². The summed E-state index contributed by atoms with van der Waals surface area (Å²) in [7, 11) is 2.84. The summed E-state index contributed by atoms with van der Waals surface area (Å²) in [6, 6.07) is 4.42. The molecule has 164 valence electrons. The van der Waals surface area contributed by atoms with E-state index >= 15 is 0 Å². The highest BCUT2D eigenvalue weighted by atomic mass is 32.1. The quantitative estimate of drug-likeness (QED) is 0.246. The molecule has 4 aromatic rings. The van der Waals surface area contributed by atoms with E-state index in [1.165, 1.54) is 41.7 Å². The SMILES string of the molecule is C=CCn1c(=NC(=O)Cn2cnc3c2c(=O)n(C)c(=O)n3C)sc2cc([N+](=O)[O-])ccc21. The van der Waals surface area contributed by atoms with E-state index in [-0.39, 0.29) is 23.4 Å². The summed E-state index contributed by atoms with van der Waals surface area (Å²) in [6.07, 6.45) is 2.94. The van der Waals surface area contributed by atoms with Crippen molar-refractivity contribution in [3.05, 3.63) is 72.9 Å². The number of rotatable bonds is 5. The third-order valence-corrected chi connectivity index (χ3v) is 5.97. The number of amides is 1. The maximum Gasteiger partial charge on any atom is 0.332 e. The van der Waals surface area contributed by atoms with Crippen LogP contribution in [-0.2, 0) is 32.0 Å². The number of non-ortho nitro benzene ring substituents is 1. The molecule has 0 N–H and O–H groups in total. The van der Waals surface area contributed by atoms with Gasteiger partial charge in [-0.05, 0) is 6.07 Å². The van der Waals surface area contributed by atoms with Crippen LogP contribution in [-0.4, -0.2) is 34.1 Å². The number of carbonyl (C=O) groups is 1. The fourth-order valence-corrected chi connectivity index (χ4v) is 4.46. The second-order valence-corrected chi connectivity index (χ2v) is 7.96. The van der Waals surface area contributed by atoms with Crippen molar-refractivity contribution in [2.45, 2.75) is 13.1 Å². The number of hydrogen-bond donors (Lipinski definition) is 0. The third-order valence-electron chi connectivity index (χ3n) is 4.93. The molecular weight excluding hydrogens is 438 g/mol. The molecule has 1 amide bonds. The molecule has 0 aliphatic carbocycles. The van der Waals surface area contributed by atoms with Gasteiger partial charge in [0.25, 0.3) is 17.2 Å². The van der Waals surface area contributed by atoms with E-state index in [0.717, 1.165) is 15.9 Å². The Bertz CT molecular complexity index is 1620. The Labute approximate surface area is 182 Å². The van der Waals surface area contributed by atoms with E-state index in [1.807, 2.05) is 0 Å². The molecule has 0 saturated heterocycles. The summed E-state index contributed by atoms with van der Waals surface area (Å²) in [6.45, 7) is 3.78. The van der Waals surface area contributed by atoms with Gasteiger partial charge in [0.15, 0.2) is 16.0 Å². The average Bonchev–Trinajstić information content (AvgIpc) is 3.32. The lowest BCUT2D eigenvalue weighted by molar-refractivity contribution is -0.384. The van der Waals surface area contributed by atoms with Gasteiger partial charge in [0, 0.05) is 32.8 Å². The number of nitrogens with zero attached hydrogens (tertiary/aromatic N) is 7. The number of benzene rings is 1. The number of nitro benzene ring substituents is 1. The van der Waals surface area contributed by atoms with Gasteiger partial charge in [-0.15, -0.1) is 6.58 Å². The minimum absolute atomic E-state index is 0.0614. The lowest BCUT2D eigenvalue weighted by Gasteiger charge is -2.05. The monoisotopic (exact) mass is 455 g/mol. The molecule has 0 fully saturated rings. The molecule has 1 aromatic carbocycles. The Morgan fingerprint density at radius 3 is 2.75 bits per heavy atom. The molecule has 4 rings (SSSR count). The Balaban J connectivity index is 1.80. The van der Waals surface area contributed by atoms with Gasteiger partial charge < -0.3 is 9.13 Å². The number of allylic oxidation sites excluding steroid dienone is 1. The zero-order chi connectivity index (χ0) is 23.2. The van der Waals surface area contributed by atoms with Crippen LogP contribution in [0.2, 0.25) is 0 Å². The molecule has 3 heterocycles. The van der Waals surface area contributed by atoms with Crippen molar-refractivity contribution in [3.8, 4) is 0 Å². The minimum Gasteiger partial charge on any atom is -0.315 e. The van der Waals surface area contributed by atoms with Gasteiger partial charge in [-0.1, -0.05) is 17.4 Å². The molecular formula is C19H17N7O5S. The van der Waals surface area contributed by atoms with Crippen LogP contribution in [0, 0.1) is 10.1 Å². The molecule has 0 aliphatic heterocycles. The van der Waals surface area contributed by atoms with E-state index in [0.29, 0.717) is 21.6 Å². The normalized spacial score (nSPS) is 12.0. The molecule has 0 unspecified atom stereocenters. The molecule has 0 radical (unpaired) electrons. The summed E-state index contributed by atoms with van der Waals surface area (Å²) in [4.78, 5) is 56.5. The molecule has 32 heavy (non-hydrogen) atoms. The molecule has 0 saturated carbocycles. The number of imidazole rings is 1. The number of nitro groups is 1. The predicted molar refractivity (Wildman–Crippen MR) is 117 cm³/mol. The Hall–Kier alpha value is -4.13. The maximum atomic E-state index is 12.7. The van der Waals surface area contributed by atoms with Crippen molar-refractivity contribution in [2.24, 2.45) is 19.1 Å². The van der Waals surface area contributed by atoms with E-state index in [4.69, 9.17) is 0 Å². The van der Waals surface area contributed by atoms with Gasteiger partial charge in [0.1, 0.15) is 6.54 Å². The van der Waals surface area contributed by atoms with Crippen LogP contribution < -0.4 is 16.1 Å². The van der Waals surface area contributed by atoms with Gasteiger partial charge in [-0.2, -0.15) is 4.99 Å². The standard InChI is InChI=1S/C19H17N7O5S/c1-4-7-25-12-6-5-11(26(30)31)8-13(12)32-18(25)21-14(27)9-24-10-20-16-15(24)17(28)23(3)19(29)22(16)2/h4-6,8,10H,1,7,9H2,2-3H3. The smallest absolute Gasteiger partial charge is 0.315 e. The second-order valence-electron chi connectivity index (χ2n) is 6.95. The minimum atomic E-state index is -0.565. The van der Waals surface area contributed by atoms with E-state index in [1.54, 1.807) is 16.7 Å². The topological polar surface area (TPSA) is 139 Å². The van der Waals surface area contributed by atoms with E-state index in [2.05, 4.69) is 16.6 Å². The molecule has 0 atom stereocenters. The number of thiazole rings is 1. The number of aryl methyl sites for hydroxylation is 1. The zero-order valence-electron chi connectivity index (χ0n) is 17.1. The van der Waals surface area contributed by atoms with Crippen molar-refractivity contribution in [1.29, 1.82) is 0 Å². The first kappa shape index (κ1) is 21.1. The maximum absolute atomic E-state index is 12.7. The lowest BCUT2D eigenvalue weighted by atomic mass is 10.3. The Kier molecular flexibility index (Phi) is 5.18. The molecule has 12 nitrogen and oxygen atoms in total. The van der Waals surface area contributed by atoms with Crippen LogP contribution in [0.15, 0.2) is 51.8 Å². The fourth-order valence-electron chi connectivity index (χ4n) is 3.37. The Morgan fingerprint density at radius 1 is 1.31 bits per heavy atom. The van der Waals surface area contributed by atoms with Gasteiger partial charge >= 0.3 is 5.69 Å². The van der Waals surface area contributed by atoms with Crippen molar-refractivity contribution in [1.82, 2.24) is 23.3 Å². The van der Waals surface area contributed by atoms with E-state index < -0.39 is 22.1 Å². The first-order valence-corrected chi connectivity index (χ1v) is 10.1. The Morgan fingerprint density at radius 2 is 2.06 bits per heavy atom. The van der Waals surface area contributed by atoms with Crippen LogP contribution in [0.4, 0.5) is 5.69 Å². The largest absolute Gasteiger partial charge is 0.332 e. The molecule has 0 spiro atoms. The fraction of sp³-hybridized carbons (Fsp3) is 0.211. The summed E-state index contributed by atoms with van der Waals surface area (Å²) in [5.41, 5.74) is -0.179. The summed E-state index contributed by atoms with van der Waals surface area (Å²) >= 11 is 1.14. The van der Waals surface area contributed by atoms with Crippen molar-refractivity contribution < 1.29 is 9.72 Å². The average molecular weight is 455 g/mol. The third kappa shape index (κ3) is 3.37. The van der Waals surface area contributed by atoms with E-state index in [9.17, 15) is 24.5 Å². The highest BCUT2D eigenvalue weighted by Gasteiger charge is 2.17. The summed E-state index contributed by atoms with van der Waals surface area (Å²) in [5.74, 6) is -0.556. The van der Waals surface area contributed by atoms with Crippen LogP contribution in [0.25, 0.3) is 21.4 Å². The van der Waals surface area contributed by atoms with Gasteiger partial charge in [0.2, 0.25) is 0 Å². The predicted octanol–water partition coefficient (Wildman–Crippen LogP) is 0.672. The molecule has 13 heteroatoms. The van der Waals surface area contributed by atoms with Crippen molar-refractivity contribution in [3.63, 3.8) is 0 Å². The van der Waals surface area contributed by atoms with Crippen LogP contribution in [0.3, 0.4) is 0 Å². The van der Waals surface area contributed by atoms with Crippen molar-refractivity contribution >= 4 is 44.3 Å². The number of fused-ring (bicyclic) bond motifs is 2. The van der Waals surface area contributed by atoms with Crippen LogP contribution >= 0.6 is 11.3 Å². The summed E-state index contributed by atoms with van der Waals surface area (Å²) < 4.78 is 5.84. The molecule has 0 aliphatic rings. The first-order chi connectivity index (χ1) is 15.2. The zero-order valence-corrected chi connectivity index (χ0v) is 17.9. The van der Waals surface area contributed by atoms with Crippen LogP contribution in [0.1, 0.15) is 0 Å². The number of aromatic nitrogens is 5. The number of hydrogen-bond acceptors (Lipinski definition) is 7. The van der Waals surface area contributed by atoms with Gasteiger partial charge in [-0.25, -0.2) is 9.78 Å². The molecule has 3 aromatic heterocycles. The van der Waals surface area contributed by atoms with Gasteiger partial charge in [-0.3, -0.25) is 28.8 Å². The first-order valence-electron chi connectivity index (χ1n) is 9.30. The van der Waals surface area contributed by atoms with Crippen molar-refractivity contribution in [2.75, 3.05) is 0 Å².